The maximum absolute atomic E-state index is 13.6. The topological polar surface area (TPSA) is 92.0 Å². The summed E-state index contributed by atoms with van der Waals surface area (Å²) in [4.78, 5) is 39.5. The molecule has 44 heavy (non-hydrogen) atoms. The summed E-state index contributed by atoms with van der Waals surface area (Å²) in [5, 5.41) is 0. The van der Waals surface area contributed by atoms with E-state index in [2.05, 4.69) is 0 Å². The molecule has 1 aliphatic carbocycles. The molecule has 0 spiro atoms. The monoisotopic (exact) mass is 592 g/mol. The van der Waals surface area contributed by atoms with Crippen molar-refractivity contribution in [2.45, 2.75) is 38.7 Å². The van der Waals surface area contributed by atoms with E-state index in [1.165, 1.54) is 14.2 Å². The van der Waals surface area contributed by atoms with Crippen LogP contribution in [-0.4, -0.2) is 39.1 Å². The Hall–Kier alpha value is -4.75. The summed E-state index contributed by atoms with van der Waals surface area (Å²) >= 11 is 0. The Morgan fingerprint density at radius 2 is 1.34 bits per heavy atom. The van der Waals surface area contributed by atoms with E-state index >= 15 is 0 Å². The van der Waals surface area contributed by atoms with E-state index in [-0.39, 0.29) is 25.0 Å². The molecule has 1 atom stereocenters. The Bertz CT molecular complexity index is 1650. The Kier molecular flexibility index (Phi) is 9.26. The predicted molar refractivity (Wildman–Crippen MR) is 167 cm³/mol. The molecule has 0 aliphatic heterocycles. The lowest BCUT2D eigenvalue weighted by molar-refractivity contribution is -0.169. The summed E-state index contributed by atoms with van der Waals surface area (Å²) in [6.45, 7) is 1.56. The second kappa shape index (κ2) is 13.3. The minimum Gasteiger partial charge on any atom is -0.468 e. The van der Waals surface area contributed by atoms with E-state index in [4.69, 9.17) is 18.6 Å². The van der Waals surface area contributed by atoms with Crippen molar-refractivity contribution in [1.82, 2.24) is 0 Å². The molecule has 0 amide bonds. The molecule has 1 heterocycles. The standard InChI is InChI=1S/C37H36O7/c1-24(38)20-21-28(25-14-8-5-9-15-25)29-22-37(35(39)42-3,36(40)43-4)23-30-31(29)32(33(41-2)26-16-10-6-11-17-26)34(44-30)27-18-12-7-13-19-27/h5-19,33H,20-23H2,1-4H3/b29-28+. The van der Waals surface area contributed by atoms with Crippen LogP contribution in [0.4, 0.5) is 0 Å². The average molecular weight is 593 g/mol. The number of allylic oxidation sites excluding steroid dienone is 2. The molecule has 4 aromatic rings. The minimum atomic E-state index is -1.69. The summed E-state index contributed by atoms with van der Waals surface area (Å²) in [5.74, 6) is -0.369. The Labute approximate surface area is 257 Å². The van der Waals surface area contributed by atoms with Crippen molar-refractivity contribution in [3.05, 3.63) is 119 Å². The van der Waals surface area contributed by atoms with Gasteiger partial charge in [-0.15, -0.1) is 0 Å². The van der Waals surface area contributed by atoms with Gasteiger partial charge in [0.05, 0.1) is 14.2 Å². The lowest BCUT2D eigenvalue weighted by atomic mass is 9.68. The van der Waals surface area contributed by atoms with E-state index in [1.807, 2.05) is 91.0 Å². The lowest BCUT2D eigenvalue weighted by Crippen LogP contribution is -2.45. The van der Waals surface area contributed by atoms with Crippen molar-refractivity contribution < 1.29 is 33.0 Å². The number of hydrogen-bond donors (Lipinski definition) is 0. The van der Waals surface area contributed by atoms with Crippen molar-refractivity contribution in [3.8, 4) is 11.3 Å². The normalized spacial score (nSPS) is 15.5. The molecule has 1 unspecified atom stereocenters. The number of Topliss-reactive ketones (excluding diaryl/α,β-unsaturated/α-hetero) is 1. The fraction of sp³-hybridized carbons (Fsp3) is 0.270. The average Bonchev–Trinajstić information content (AvgIpc) is 3.44. The number of ether oxygens (including phenoxy) is 3. The molecule has 1 aliphatic rings. The zero-order valence-electron chi connectivity index (χ0n) is 25.4. The van der Waals surface area contributed by atoms with E-state index < -0.39 is 23.5 Å². The van der Waals surface area contributed by atoms with Crippen molar-refractivity contribution in [2.24, 2.45) is 5.41 Å². The quantitative estimate of drug-likeness (QED) is 0.142. The van der Waals surface area contributed by atoms with Gasteiger partial charge in [-0.2, -0.15) is 0 Å². The predicted octanol–water partition coefficient (Wildman–Crippen LogP) is 7.24. The van der Waals surface area contributed by atoms with Gasteiger partial charge in [-0.3, -0.25) is 9.59 Å². The molecule has 7 heteroatoms. The van der Waals surface area contributed by atoms with Crippen LogP contribution in [-0.2, 0) is 35.0 Å². The first-order chi connectivity index (χ1) is 21.3. The number of carbonyl (C=O) groups excluding carboxylic acids is 3. The van der Waals surface area contributed by atoms with Crippen LogP contribution in [0.1, 0.15) is 60.3 Å². The third kappa shape index (κ3) is 5.75. The number of furan rings is 1. The van der Waals surface area contributed by atoms with Gasteiger partial charge in [0.2, 0.25) is 0 Å². The van der Waals surface area contributed by atoms with Crippen molar-refractivity contribution in [3.63, 3.8) is 0 Å². The number of esters is 2. The summed E-state index contributed by atoms with van der Waals surface area (Å²) in [7, 11) is 4.18. The van der Waals surface area contributed by atoms with Gasteiger partial charge in [0.25, 0.3) is 0 Å². The molecule has 1 aromatic heterocycles. The second-order valence-corrected chi connectivity index (χ2v) is 11.0. The number of hydrogen-bond acceptors (Lipinski definition) is 7. The summed E-state index contributed by atoms with van der Waals surface area (Å²) in [6.07, 6.45) is 0.0548. The van der Waals surface area contributed by atoms with Gasteiger partial charge in [0.15, 0.2) is 5.41 Å². The van der Waals surface area contributed by atoms with E-state index in [9.17, 15) is 14.4 Å². The van der Waals surface area contributed by atoms with Gasteiger partial charge in [-0.05, 0) is 35.6 Å². The van der Waals surface area contributed by atoms with Crippen LogP contribution in [0.2, 0.25) is 0 Å². The van der Waals surface area contributed by atoms with Crippen LogP contribution < -0.4 is 0 Å². The van der Waals surface area contributed by atoms with E-state index in [0.29, 0.717) is 23.5 Å². The molecule has 226 valence electrons. The SMILES string of the molecule is COC(=O)C1(C(=O)OC)C/C(=C(/CCC(C)=O)c2ccccc2)c2c(oc(-c3ccccc3)c2C(OC)c2ccccc2)C1. The van der Waals surface area contributed by atoms with Gasteiger partial charge in [-0.25, -0.2) is 0 Å². The summed E-state index contributed by atoms with van der Waals surface area (Å²) in [5.41, 5.74) is 4.03. The number of methoxy groups -OCH3 is 3. The third-order valence-corrected chi connectivity index (χ3v) is 8.26. The number of carbonyl (C=O) groups is 3. The molecule has 3 aromatic carbocycles. The Morgan fingerprint density at radius 1 is 0.773 bits per heavy atom. The maximum atomic E-state index is 13.6. The van der Waals surface area contributed by atoms with Gasteiger partial charge >= 0.3 is 11.9 Å². The highest BCUT2D eigenvalue weighted by molar-refractivity contribution is 6.06. The Balaban J connectivity index is 1.93. The number of ketones is 1. The molecule has 0 saturated carbocycles. The van der Waals surface area contributed by atoms with Crippen molar-refractivity contribution in [1.29, 1.82) is 0 Å². The third-order valence-electron chi connectivity index (χ3n) is 8.26. The van der Waals surface area contributed by atoms with Gasteiger partial charge in [0, 0.05) is 43.1 Å². The van der Waals surface area contributed by atoms with Crippen molar-refractivity contribution in [2.75, 3.05) is 21.3 Å². The van der Waals surface area contributed by atoms with E-state index in [0.717, 1.165) is 33.4 Å². The van der Waals surface area contributed by atoms with Gasteiger partial charge < -0.3 is 23.4 Å². The summed E-state index contributed by atoms with van der Waals surface area (Å²) in [6, 6.07) is 29.2. The fourth-order valence-electron chi connectivity index (χ4n) is 6.21. The highest BCUT2D eigenvalue weighted by Gasteiger charge is 2.54. The zero-order valence-corrected chi connectivity index (χ0v) is 25.4. The molecule has 0 saturated heterocycles. The maximum Gasteiger partial charge on any atom is 0.324 e. The first kappa shape index (κ1) is 30.7. The van der Waals surface area contributed by atoms with Crippen LogP contribution in [0, 0.1) is 5.41 Å². The van der Waals surface area contributed by atoms with Crippen LogP contribution in [0.5, 0.6) is 0 Å². The minimum absolute atomic E-state index is 0.00648. The Morgan fingerprint density at radius 3 is 1.89 bits per heavy atom. The fourth-order valence-corrected chi connectivity index (χ4v) is 6.21. The van der Waals surface area contributed by atoms with Crippen LogP contribution in [0.3, 0.4) is 0 Å². The molecular formula is C37H36O7. The highest BCUT2D eigenvalue weighted by Crippen LogP contribution is 2.53. The molecule has 0 N–H and O–H groups in total. The molecular weight excluding hydrogens is 556 g/mol. The van der Waals surface area contributed by atoms with Gasteiger partial charge in [0.1, 0.15) is 23.4 Å². The first-order valence-electron chi connectivity index (χ1n) is 14.6. The lowest BCUT2D eigenvalue weighted by Gasteiger charge is -2.34. The molecule has 0 fully saturated rings. The molecule has 5 rings (SSSR count). The number of benzene rings is 3. The van der Waals surface area contributed by atoms with Crippen LogP contribution in [0.25, 0.3) is 22.5 Å². The number of rotatable bonds is 10. The first-order valence-corrected chi connectivity index (χ1v) is 14.6. The smallest absolute Gasteiger partial charge is 0.324 e. The van der Waals surface area contributed by atoms with Gasteiger partial charge in [-0.1, -0.05) is 91.0 Å². The van der Waals surface area contributed by atoms with Crippen LogP contribution >= 0.6 is 0 Å². The van der Waals surface area contributed by atoms with Crippen molar-refractivity contribution >= 4 is 28.9 Å². The number of fused-ring (bicyclic) bond motifs is 1. The second-order valence-electron chi connectivity index (χ2n) is 11.0. The highest BCUT2D eigenvalue weighted by atomic mass is 16.5. The van der Waals surface area contributed by atoms with E-state index in [1.54, 1.807) is 14.0 Å². The molecule has 0 radical (unpaired) electrons. The largest absolute Gasteiger partial charge is 0.468 e. The summed E-state index contributed by atoms with van der Waals surface area (Å²) < 4.78 is 23.4. The molecule has 7 nitrogen and oxygen atoms in total. The van der Waals surface area contributed by atoms with Crippen LogP contribution in [0.15, 0.2) is 95.4 Å². The molecule has 0 bridgehead atoms. The zero-order chi connectivity index (χ0) is 31.3.